The Morgan fingerprint density at radius 1 is 1.58 bits per heavy atom. The Hall–Kier alpha value is -1.01. The highest BCUT2D eigenvalue weighted by Gasteiger charge is 1.91. The van der Waals surface area contributed by atoms with Crippen molar-refractivity contribution in [3.8, 4) is 17.6 Å². The fraction of sp³-hybridized carbons (Fsp3) is 0.222. The number of alkyl halides is 1. The molecule has 0 bridgehead atoms. The molecule has 1 aromatic heterocycles. The standard InChI is InChI=1S/C9H8BrNO/c1-12-9-5-8(3-2-4-10)6-11-7-9/h5-7H,4H2,1H3. The lowest BCUT2D eigenvalue weighted by molar-refractivity contribution is 0.413. The summed E-state index contributed by atoms with van der Waals surface area (Å²) in [4.78, 5) is 3.97. The zero-order chi connectivity index (χ0) is 8.81. The van der Waals surface area contributed by atoms with Crippen LogP contribution in [0.15, 0.2) is 18.5 Å². The quantitative estimate of drug-likeness (QED) is 0.538. The molecule has 12 heavy (non-hydrogen) atoms. The van der Waals surface area contributed by atoms with Gasteiger partial charge in [0.1, 0.15) is 5.75 Å². The minimum Gasteiger partial charge on any atom is -0.495 e. The number of nitrogens with zero attached hydrogens (tertiary/aromatic N) is 1. The van der Waals surface area contributed by atoms with Gasteiger partial charge in [0.2, 0.25) is 0 Å². The van der Waals surface area contributed by atoms with Crippen molar-refractivity contribution < 1.29 is 4.74 Å². The molecule has 0 saturated carbocycles. The molecule has 62 valence electrons. The maximum atomic E-state index is 4.99. The summed E-state index contributed by atoms with van der Waals surface area (Å²) in [6, 6.07) is 1.85. The summed E-state index contributed by atoms with van der Waals surface area (Å²) in [5, 5.41) is 0.671. The van der Waals surface area contributed by atoms with E-state index in [1.165, 1.54) is 0 Å². The van der Waals surface area contributed by atoms with Crippen molar-refractivity contribution in [1.29, 1.82) is 0 Å². The number of hydrogen-bond donors (Lipinski definition) is 0. The van der Waals surface area contributed by atoms with Crippen LogP contribution in [0.25, 0.3) is 0 Å². The molecule has 0 N–H and O–H groups in total. The first kappa shape index (κ1) is 9.08. The van der Waals surface area contributed by atoms with E-state index in [1.807, 2.05) is 6.07 Å². The molecule has 3 heteroatoms. The number of halogens is 1. The van der Waals surface area contributed by atoms with Crippen LogP contribution in [0, 0.1) is 11.8 Å². The van der Waals surface area contributed by atoms with Gasteiger partial charge in [-0.05, 0) is 6.07 Å². The van der Waals surface area contributed by atoms with Gasteiger partial charge in [-0.1, -0.05) is 27.8 Å². The van der Waals surface area contributed by atoms with E-state index < -0.39 is 0 Å². The summed E-state index contributed by atoms with van der Waals surface area (Å²) in [7, 11) is 1.61. The van der Waals surface area contributed by atoms with Gasteiger partial charge >= 0.3 is 0 Å². The summed E-state index contributed by atoms with van der Waals surface area (Å²) >= 11 is 3.22. The van der Waals surface area contributed by atoms with Crippen molar-refractivity contribution in [2.45, 2.75) is 0 Å². The third-order valence-corrected chi connectivity index (χ3v) is 1.53. The van der Waals surface area contributed by atoms with E-state index in [2.05, 4.69) is 32.8 Å². The van der Waals surface area contributed by atoms with Crippen molar-refractivity contribution >= 4 is 15.9 Å². The van der Waals surface area contributed by atoms with E-state index in [-0.39, 0.29) is 0 Å². The summed E-state index contributed by atoms with van der Waals surface area (Å²) < 4.78 is 4.99. The SMILES string of the molecule is COc1cncc(C#CCBr)c1. The van der Waals surface area contributed by atoms with Crippen LogP contribution in [0.1, 0.15) is 5.56 Å². The molecule has 0 atom stereocenters. The molecule has 0 unspecified atom stereocenters. The van der Waals surface area contributed by atoms with Crippen LogP contribution in [0.5, 0.6) is 5.75 Å². The van der Waals surface area contributed by atoms with Crippen molar-refractivity contribution in [1.82, 2.24) is 4.98 Å². The van der Waals surface area contributed by atoms with Gasteiger partial charge in [0.05, 0.1) is 18.6 Å². The lowest BCUT2D eigenvalue weighted by Crippen LogP contribution is -1.85. The van der Waals surface area contributed by atoms with Crippen molar-refractivity contribution in [2.24, 2.45) is 0 Å². The molecule has 1 aromatic rings. The molecule has 0 amide bonds. The Balaban J connectivity index is 2.86. The third kappa shape index (κ3) is 2.55. The van der Waals surface area contributed by atoms with Crippen LogP contribution < -0.4 is 4.74 Å². The van der Waals surface area contributed by atoms with Crippen molar-refractivity contribution in [2.75, 3.05) is 12.4 Å². The predicted octanol–water partition coefficient (Wildman–Crippen LogP) is 1.84. The first-order valence-electron chi connectivity index (χ1n) is 3.40. The van der Waals surface area contributed by atoms with Gasteiger partial charge in [-0.2, -0.15) is 0 Å². The molecule has 0 aliphatic heterocycles. The summed E-state index contributed by atoms with van der Waals surface area (Å²) in [5.41, 5.74) is 0.869. The normalized spacial score (nSPS) is 8.50. The Morgan fingerprint density at radius 2 is 2.42 bits per heavy atom. The molecule has 0 radical (unpaired) electrons. The third-order valence-electron chi connectivity index (χ3n) is 1.25. The maximum absolute atomic E-state index is 4.99. The second-order valence-corrected chi connectivity index (χ2v) is 2.61. The highest BCUT2D eigenvalue weighted by Crippen LogP contribution is 2.08. The van der Waals surface area contributed by atoms with Crippen LogP contribution in [-0.4, -0.2) is 17.4 Å². The molecule has 0 spiro atoms. The molecule has 1 rings (SSSR count). The number of methoxy groups -OCH3 is 1. The number of aromatic nitrogens is 1. The van der Waals surface area contributed by atoms with Gasteiger partial charge in [-0.25, -0.2) is 0 Å². The van der Waals surface area contributed by atoms with E-state index >= 15 is 0 Å². The van der Waals surface area contributed by atoms with E-state index in [1.54, 1.807) is 19.5 Å². The molecule has 0 saturated heterocycles. The number of hydrogen-bond acceptors (Lipinski definition) is 2. The second-order valence-electron chi connectivity index (χ2n) is 2.05. The fourth-order valence-corrected chi connectivity index (χ4v) is 0.874. The predicted molar refractivity (Wildman–Crippen MR) is 51.5 cm³/mol. The molecule has 0 aliphatic carbocycles. The van der Waals surface area contributed by atoms with Crippen molar-refractivity contribution in [3.63, 3.8) is 0 Å². The minimum absolute atomic E-state index is 0.671. The maximum Gasteiger partial charge on any atom is 0.138 e. The highest BCUT2D eigenvalue weighted by molar-refractivity contribution is 9.09. The van der Waals surface area contributed by atoms with Gasteiger partial charge in [-0.15, -0.1) is 0 Å². The van der Waals surface area contributed by atoms with Crippen LogP contribution in [0.4, 0.5) is 0 Å². The zero-order valence-electron chi connectivity index (χ0n) is 6.67. The van der Waals surface area contributed by atoms with Gasteiger partial charge < -0.3 is 4.74 Å². The summed E-state index contributed by atoms with van der Waals surface area (Å²) in [6.07, 6.45) is 3.36. The molecule has 2 nitrogen and oxygen atoms in total. The lowest BCUT2D eigenvalue weighted by atomic mass is 10.3. The molecular weight excluding hydrogens is 218 g/mol. The van der Waals surface area contributed by atoms with E-state index in [0.717, 1.165) is 11.3 Å². The zero-order valence-corrected chi connectivity index (χ0v) is 8.26. The summed E-state index contributed by atoms with van der Waals surface area (Å²) in [5.74, 6) is 6.55. The topological polar surface area (TPSA) is 22.1 Å². The fourth-order valence-electron chi connectivity index (χ4n) is 0.734. The molecule has 1 heterocycles. The Bertz CT molecular complexity index is 314. The van der Waals surface area contributed by atoms with Crippen LogP contribution in [0.2, 0.25) is 0 Å². The first-order valence-corrected chi connectivity index (χ1v) is 4.53. The molecule has 0 fully saturated rings. The molecular formula is C9H8BrNO. The Morgan fingerprint density at radius 3 is 3.08 bits per heavy atom. The smallest absolute Gasteiger partial charge is 0.138 e. The number of ether oxygens (including phenoxy) is 1. The second kappa shape index (κ2) is 4.78. The minimum atomic E-state index is 0.671. The average Bonchev–Trinajstić information content (AvgIpc) is 2.15. The van der Waals surface area contributed by atoms with Gasteiger partial charge in [-0.3, -0.25) is 4.98 Å². The van der Waals surface area contributed by atoms with Crippen LogP contribution in [-0.2, 0) is 0 Å². The van der Waals surface area contributed by atoms with Crippen LogP contribution >= 0.6 is 15.9 Å². The van der Waals surface area contributed by atoms with E-state index in [0.29, 0.717) is 5.33 Å². The van der Waals surface area contributed by atoms with Crippen LogP contribution in [0.3, 0.4) is 0 Å². The van der Waals surface area contributed by atoms with E-state index in [9.17, 15) is 0 Å². The van der Waals surface area contributed by atoms with E-state index in [4.69, 9.17) is 4.74 Å². The lowest BCUT2D eigenvalue weighted by Gasteiger charge is -1.96. The van der Waals surface area contributed by atoms with Gasteiger partial charge in [0.15, 0.2) is 0 Å². The number of rotatable bonds is 1. The Kier molecular flexibility index (Phi) is 3.62. The average molecular weight is 226 g/mol. The first-order chi connectivity index (χ1) is 5.86. The van der Waals surface area contributed by atoms with Gasteiger partial charge in [0, 0.05) is 11.8 Å². The summed E-state index contributed by atoms with van der Waals surface area (Å²) in [6.45, 7) is 0. The monoisotopic (exact) mass is 225 g/mol. The highest BCUT2D eigenvalue weighted by atomic mass is 79.9. The van der Waals surface area contributed by atoms with Gasteiger partial charge in [0.25, 0.3) is 0 Å². The largest absolute Gasteiger partial charge is 0.495 e. The number of pyridine rings is 1. The van der Waals surface area contributed by atoms with Crippen molar-refractivity contribution in [3.05, 3.63) is 24.0 Å². The molecule has 0 aliphatic rings. The molecule has 0 aromatic carbocycles. The Labute approximate surface area is 80.1 Å².